The molecule has 2 N–H and O–H groups in total. The van der Waals surface area contributed by atoms with Gasteiger partial charge in [0.2, 0.25) is 5.91 Å². The van der Waals surface area contributed by atoms with Crippen molar-refractivity contribution in [2.75, 3.05) is 30.4 Å². The van der Waals surface area contributed by atoms with Crippen LogP contribution in [0.2, 0.25) is 0 Å². The second-order valence-electron chi connectivity index (χ2n) is 14.1. The first-order valence-electron chi connectivity index (χ1n) is 19.3. The van der Waals surface area contributed by atoms with Crippen molar-refractivity contribution in [2.24, 2.45) is 5.92 Å². The van der Waals surface area contributed by atoms with Gasteiger partial charge in [0.15, 0.2) is 0 Å². The molecule has 292 valence electrons. The molecule has 1 fully saturated rings. The van der Waals surface area contributed by atoms with Gasteiger partial charge in [0.25, 0.3) is 5.91 Å². The number of unbranched alkanes of at least 4 members (excludes halogenated alkanes) is 2. The van der Waals surface area contributed by atoms with E-state index in [9.17, 15) is 14.4 Å². The fourth-order valence-corrected chi connectivity index (χ4v) is 5.67. The fraction of sp³-hybridized carbons (Fsp3) is 0.500. The van der Waals surface area contributed by atoms with E-state index in [-0.39, 0.29) is 19.2 Å². The minimum atomic E-state index is -0.992. The minimum Gasteiger partial charge on any atom is -0.496 e. The monoisotopic (exact) mass is 728 g/mol. The maximum atomic E-state index is 13.8. The van der Waals surface area contributed by atoms with Crippen molar-refractivity contribution in [2.45, 2.75) is 126 Å². The van der Waals surface area contributed by atoms with Gasteiger partial charge in [-0.25, -0.2) is 0 Å². The maximum Gasteiger partial charge on any atom is 0.252 e. The molecular formula is C46H69N3O4. The van der Waals surface area contributed by atoms with Crippen molar-refractivity contribution in [3.8, 4) is 0 Å². The molecule has 0 aliphatic heterocycles. The van der Waals surface area contributed by atoms with Crippen LogP contribution in [0, 0.1) is 5.92 Å². The van der Waals surface area contributed by atoms with Gasteiger partial charge in [0.1, 0.15) is 18.4 Å². The Morgan fingerprint density at radius 1 is 0.906 bits per heavy atom. The summed E-state index contributed by atoms with van der Waals surface area (Å²) in [6, 6.07) is 13.2. The lowest BCUT2D eigenvalue weighted by atomic mass is 9.80. The van der Waals surface area contributed by atoms with E-state index >= 15 is 0 Å². The Kier molecular flexibility index (Phi) is 22.5. The van der Waals surface area contributed by atoms with Gasteiger partial charge < -0.3 is 20.3 Å². The molecule has 1 saturated carbocycles. The molecule has 7 heteroatoms. The Morgan fingerprint density at radius 2 is 1.57 bits per heavy atom. The van der Waals surface area contributed by atoms with Gasteiger partial charge in [-0.05, 0) is 93.0 Å². The second-order valence-corrected chi connectivity index (χ2v) is 14.1. The van der Waals surface area contributed by atoms with Crippen molar-refractivity contribution in [1.82, 2.24) is 5.32 Å². The predicted octanol–water partition coefficient (Wildman–Crippen LogP) is 11.3. The van der Waals surface area contributed by atoms with Gasteiger partial charge >= 0.3 is 0 Å². The van der Waals surface area contributed by atoms with Crippen LogP contribution in [-0.4, -0.2) is 43.8 Å². The number of carbonyl (C=O) groups is 3. The van der Waals surface area contributed by atoms with E-state index in [0.29, 0.717) is 43.2 Å². The highest BCUT2D eigenvalue weighted by molar-refractivity contribution is 6.04. The van der Waals surface area contributed by atoms with Crippen LogP contribution in [0.1, 0.15) is 135 Å². The molecule has 7 nitrogen and oxygen atoms in total. The van der Waals surface area contributed by atoms with Crippen molar-refractivity contribution in [1.29, 1.82) is 0 Å². The SMILES string of the molecule is C.CCCC.CCCCc1ccc(C(=O)NC2(C(=O)Nc3ccc(/C=C/C=O)cc3)CCCCC2)cc1N(C)CCO/C(C)=C/C=C\C=C(/C)C(C)C. The summed E-state index contributed by atoms with van der Waals surface area (Å²) in [4.78, 5) is 40.4. The molecule has 0 saturated heterocycles. The Morgan fingerprint density at radius 3 is 2.17 bits per heavy atom. The Balaban J connectivity index is 0.00000267. The number of aryl methyl sites for hydroxylation is 1. The smallest absolute Gasteiger partial charge is 0.252 e. The van der Waals surface area contributed by atoms with E-state index in [1.165, 1.54) is 30.1 Å². The van der Waals surface area contributed by atoms with Gasteiger partial charge in [0, 0.05) is 24.0 Å². The molecule has 0 spiro atoms. The lowest BCUT2D eigenvalue weighted by molar-refractivity contribution is -0.123. The van der Waals surface area contributed by atoms with Crippen LogP contribution in [0.5, 0.6) is 0 Å². The Labute approximate surface area is 322 Å². The topological polar surface area (TPSA) is 87.7 Å². The van der Waals surface area contributed by atoms with E-state index in [2.05, 4.69) is 63.2 Å². The molecular weight excluding hydrogens is 659 g/mol. The molecule has 0 bridgehead atoms. The van der Waals surface area contributed by atoms with Crippen molar-refractivity contribution in [3.63, 3.8) is 0 Å². The molecule has 3 rings (SSSR count). The normalized spacial score (nSPS) is 14.3. The van der Waals surface area contributed by atoms with Crippen LogP contribution in [0.4, 0.5) is 11.4 Å². The molecule has 0 atom stereocenters. The number of rotatable bonds is 18. The molecule has 0 radical (unpaired) electrons. The number of hydrogen-bond donors (Lipinski definition) is 2. The van der Waals surface area contributed by atoms with Gasteiger partial charge in [-0.2, -0.15) is 0 Å². The first-order valence-corrected chi connectivity index (χ1v) is 19.3. The van der Waals surface area contributed by atoms with Crippen LogP contribution in [0.25, 0.3) is 6.08 Å². The standard InChI is InChI=1S/C41H55N3O4.C4H10.CH4/c1-7-8-18-35-21-22-36(30-38(35)44(6)27-29-48-33(5)16-11-10-15-32(4)31(2)3)39(46)43-41(25-12-9-13-26-41)40(47)42-37-23-19-34(20-24-37)17-14-28-45;1-3-4-2;/h10-11,14-17,19-24,28,30-31H,7-9,12-13,18,25-27,29H2,1-6H3,(H,42,47)(H,43,46);3-4H2,1-2H3;1H4/b11-10-,17-14+,32-15+,33-16+;;. The van der Waals surface area contributed by atoms with Crippen molar-refractivity contribution >= 4 is 35.6 Å². The van der Waals surface area contributed by atoms with Crippen LogP contribution in [0.15, 0.2) is 84.2 Å². The third-order valence-electron chi connectivity index (χ3n) is 9.56. The maximum absolute atomic E-state index is 13.8. The van der Waals surface area contributed by atoms with Gasteiger partial charge in [-0.3, -0.25) is 14.4 Å². The van der Waals surface area contributed by atoms with Gasteiger partial charge in [-0.15, -0.1) is 0 Å². The van der Waals surface area contributed by atoms with E-state index in [1.54, 1.807) is 6.08 Å². The fourth-order valence-electron chi connectivity index (χ4n) is 5.67. The summed E-state index contributed by atoms with van der Waals surface area (Å²) in [5.74, 6) is 0.919. The number of likely N-dealkylation sites (N-methyl/N-ethyl adjacent to an activating group) is 1. The first-order chi connectivity index (χ1) is 25.0. The molecule has 0 heterocycles. The Hall–Kier alpha value is -4.39. The third kappa shape index (κ3) is 16.4. The second kappa shape index (κ2) is 25.6. The van der Waals surface area contributed by atoms with Gasteiger partial charge in [-0.1, -0.05) is 129 Å². The predicted molar refractivity (Wildman–Crippen MR) is 227 cm³/mol. The minimum absolute atomic E-state index is 0. The van der Waals surface area contributed by atoms with Crippen molar-refractivity contribution < 1.29 is 19.1 Å². The Bertz CT molecular complexity index is 1510. The molecule has 0 aromatic heterocycles. The summed E-state index contributed by atoms with van der Waals surface area (Å²) in [5, 5.41) is 6.20. The summed E-state index contributed by atoms with van der Waals surface area (Å²) in [7, 11) is 2.03. The zero-order valence-corrected chi connectivity index (χ0v) is 33.2. The van der Waals surface area contributed by atoms with Crippen LogP contribution in [0.3, 0.4) is 0 Å². The number of hydrogen-bond acceptors (Lipinski definition) is 5. The zero-order chi connectivity index (χ0) is 38.4. The lowest BCUT2D eigenvalue weighted by Crippen LogP contribution is -2.57. The number of ether oxygens (including phenoxy) is 1. The summed E-state index contributed by atoms with van der Waals surface area (Å²) in [5.41, 5.74) is 4.57. The average molecular weight is 728 g/mol. The number of anilines is 2. The zero-order valence-electron chi connectivity index (χ0n) is 33.2. The van der Waals surface area contributed by atoms with E-state index in [1.807, 2.05) is 74.7 Å². The summed E-state index contributed by atoms with van der Waals surface area (Å²) in [6.45, 7) is 16.2. The van der Waals surface area contributed by atoms with Crippen LogP contribution < -0.4 is 15.5 Å². The number of amides is 2. The molecule has 53 heavy (non-hydrogen) atoms. The quantitative estimate of drug-likeness (QED) is 0.0691. The summed E-state index contributed by atoms with van der Waals surface area (Å²) >= 11 is 0. The first kappa shape index (κ1) is 46.6. The van der Waals surface area contributed by atoms with Crippen LogP contribution >= 0.6 is 0 Å². The average Bonchev–Trinajstić information content (AvgIpc) is 3.15. The lowest BCUT2D eigenvalue weighted by Gasteiger charge is -2.36. The number of nitrogens with zero attached hydrogens (tertiary/aromatic N) is 1. The van der Waals surface area contributed by atoms with E-state index < -0.39 is 5.54 Å². The van der Waals surface area contributed by atoms with Crippen LogP contribution in [-0.2, 0) is 20.7 Å². The van der Waals surface area contributed by atoms with E-state index in [0.717, 1.165) is 61.8 Å². The number of nitrogens with one attached hydrogen (secondary N) is 2. The van der Waals surface area contributed by atoms with Crippen molar-refractivity contribution in [3.05, 3.63) is 101 Å². The largest absolute Gasteiger partial charge is 0.496 e. The highest BCUT2D eigenvalue weighted by Crippen LogP contribution is 2.31. The molecule has 2 aromatic rings. The third-order valence-corrected chi connectivity index (χ3v) is 9.56. The number of carbonyl (C=O) groups excluding carboxylic acids is 3. The number of allylic oxidation sites excluding steroid dienone is 7. The molecule has 0 unspecified atom stereocenters. The summed E-state index contributed by atoms with van der Waals surface area (Å²) in [6.07, 6.45) is 21.6. The number of benzene rings is 2. The van der Waals surface area contributed by atoms with E-state index in [4.69, 9.17) is 4.74 Å². The molecule has 2 aromatic carbocycles. The summed E-state index contributed by atoms with van der Waals surface area (Å²) < 4.78 is 6.01. The molecule has 2 amide bonds. The highest BCUT2D eigenvalue weighted by atomic mass is 16.5. The molecule has 1 aliphatic rings. The molecule has 1 aliphatic carbocycles. The number of aldehydes is 1. The van der Waals surface area contributed by atoms with Gasteiger partial charge in [0.05, 0.1) is 12.3 Å². The highest BCUT2D eigenvalue weighted by Gasteiger charge is 2.41.